The van der Waals surface area contributed by atoms with Crippen LogP contribution in [-0.2, 0) is 9.59 Å². The van der Waals surface area contributed by atoms with Gasteiger partial charge in [-0.2, -0.15) is 0 Å². The zero-order chi connectivity index (χ0) is 25.9. The Hall–Kier alpha value is -4.06. The minimum atomic E-state index is -0.542. The number of nitrogens with zero attached hydrogens (tertiary/aromatic N) is 1. The number of rotatable bonds is 6. The van der Waals surface area contributed by atoms with E-state index in [1.54, 1.807) is 12.0 Å². The van der Waals surface area contributed by atoms with Gasteiger partial charge in [-0.25, -0.2) is 0 Å². The fraction of sp³-hybridized carbons (Fsp3) is 0.290. The van der Waals surface area contributed by atoms with E-state index in [-0.39, 0.29) is 17.6 Å². The van der Waals surface area contributed by atoms with Crippen LogP contribution in [0.25, 0.3) is 0 Å². The molecule has 6 nitrogen and oxygen atoms in total. The van der Waals surface area contributed by atoms with Crippen LogP contribution in [0, 0.1) is 0 Å². The minimum Gasteiger partial charge on any atom is -0.497 e. The molecule has 0 spiro atoms. The maximum Gasteiger partial charge on any atom is 0.227 e. The molecule has 0 saturated heterocycles. The molecule has 0 aromatic heterocycles. The van der Waals surface area contributed by atoms with Gasteiger partial charge in [0.1, 0.15) is 11.5 Å². The molecule has 1 N–H and O–H groups in total. The Kier molecular flexibility index (Phi) is 6.99. The summed E-state index contributed by atoms with van der Waals surface area (Å²) in [5, 5.41) is 3.57. The van der Waals surface area contributed by atoms with E-state index in [2.05, 4.69) is 5.32 Å². The molecule has 37 heavy (non-hydrogen) atoms. The van der Waals surface area contributed by atoms with Crippen molar-refractivity contribution in [1.29, 1.82) is 0 Å². The molecule has 1 amide bonds. The van der Waals surface area contributed by atoms with Crippen molar-refractivity contribution in [3.05, 3.63) is 95.2 Å². The van der Waals surface area contributed by atoms with E-state index in [0.717, 1.165) is 39.7 Å². The first kappa shape index (κ1) is 24.6. The first-order valence-corrected chi connectivity index (χ1v) is 12.9. The van der Waals surface area contributed by atoms with E-state index in [0.29, 0.717) is 31.4 Å². The molecule has 1 heterocycles. The van der Waals surface area contributed by atoms with Gasteiger partial charge in [-0.3, -0.25) is 14.5 Å². The van der Waals surface area contributed by atoms with Crippen molar-refractivity contribution in [3.63, 3.8) is 0 Å². The van der Waals surface area contributed by atoms with Crippen molar-refractivity contribution in [2.24, 2.45) is 0 Å². The number of fused-ring (bicyclic) bond motifs is 1. The van der Waals surface area contributed by atoms with Gasteiger partial charge in [0, 0.05) is 30.0 Å². The Labute approximate surface area is 217 Å². The lowest BCUT2D eigenvalue weighted by Crippen LogP contribution is -2.38. The van der Waals surface area contributed by atoms with Crippen LogP contribution in [-0.4, -0.2) is 25.4 Å². The first-order chi connectivity index (χ1) is 18.0. The standard InChI is InChI=1S/C31H32N2O4/c1-4-29(35)33-26-12-8-7-11-24(26)32-25-18-21(23-10-6-9-13-28(23)37-5-2)19-27(34)30(25)31(33)20-14-16-22(36-3)17-15-20/h6-17,21,31-32H,4-5,18-19H2,1-3H3/t21-,31-/m0/s1. The number of para-hydroxylation sites is 3. The molecule has 190 valence electrons. The smallest absolute Gasteiger partial charge is 0.227 e. The fourth-order valence-electron chi connectivity index (χ4n) is 5.46. The van der Waals surface area contributed by atoms with E-state index in [9.17, 15) is 9.59 Å². The summed E-state index contributed by atoms with van der Waals surface area (Å²) in [6.45, 7) is 4.38. The largest absolute Gasteiger partial charge is 0.497 e. The maximum absolute atomic E-state index is 14.0. The number of carbonyl (C=O) groups excluding carboxylic acids is 2. The summed E-state index contributed by atoms with van der Waals surface area (Å²) >= 11 is 0. The molecule has 5 rings (SSSR count). The number of hydrogen-bond acceptors (Lipinski definition) is 5. The number of amides is 1. The van der Waals surface area contributed by atoms with Gasteiger partial charge in [0.2, 0.25) is 5.91 Å². The maximum atomic E-state index is 14.0. The molecule has 3 aromatic rings. The Morgan fingerprint density at radius 1 is 0.973 bits per heavy atom. The van der Waals surface area contributed by atoms with Crippen molar-refractivity contribution < 1.29 is 19.1 Å². The normalized spacial score (nSPS) is 18.9. The first-order valence-electron chi connectivity index (χ1n) is 12.9. The molecule has 2 aliphatic rings. The summed E-state index contributed by atoms with van der Waals surface area (Å²) in [5.74, 6) is 1.50. The third-order valence-corrected chi connectivity index (χ3v) is 7.15. The molecule has 0 unspecified atom stereocenters. The number of benzene rings is 3. The summed E-state index contributed by atoms with van der Waals surface area (Å²) in [7, 11) is 1.62. The highest BCUT2D eigenvalue weighted by Gasteiger charge is 2.41. The number of methoxy groups -OCH3 is 1. The van der Waals surface area contributed by atoms with Gasteiger partial charge < -0.3 is 14.8 Å². The SMILES string of the molecule is CCOc1ccccc1[C@@H]1CC(=O)C2=C(C1)Nc1ccccc1N(C(=O)CC)[C@H]2c1ccc(OC)cc1. The summed E-state index contributed by atoms with van der Waals surface area (Å²) < 4.78 is 11.3. The van der Waals surface area contributed by atoms with E-state index in [1.165, 1.54) is 0 Å². The van der Waals surface area contributed by atoms with Crippen molar-refractivity contribution in [2.45, 2.75) is 45.1 Å². The summed E-state index contributed by atoms with van der Waals surface area (Å²) in [6, 6.07) is 22.8. The van der Waals surface area contributed by atoms with Crippen LogP contribution in [0.2, 0.25) is 0 Å². The van der Waals surface area contributed by atoms with Crippen LogP contribution in [0.15, 0.2) is 84.1 Å². The average molecular weight is 497 g/mol. The zero-order valence-corrected chi connectivity index (χ0v) is 21.5. The molecular weight excluding hydrogens is 464 g/mol. The summed E-state index contributed by atoms with van der Waals surface area (Å²) in [4.78, 5) is 29.3. The van der Waals surface area contributed by atoms with Crippen LogP contribution in [0.1, 0.15) is 56.2 Å². The second-order valence-electron chi connectivity index (χ2n) is 9.33. The third kappa shape index (κ3) is 4.59. The molecule has 6 heteroatoms. The Morgan fingerprint density at radius 3 is 2.43 bits per heavy atom. The van der Waals surface area contributed by atoms with Crippen molar-refractivity contribution in [3.8, 4) is 11.5 Å². The molecular formula is C31H32N2O4. The lowest BCUT2D eigenvalue weighted by Gasteiger charge is -2.35. The summed E-state index contributed by atoms with van der Waals surface area (Å²) in [6.07, 6.45) is 1.31. The third-order valence-electron chi connectivity index (χ3n) is 7.15. The minimum absolute atomic E-state index is 0.0291. The number of nitrogens with one attached hydrogen (secondary N) is 1. The van der Waals surface area contributed by atoms with Crippen LogP contribution >= 0.6 is 0 Å². The van der Waals surface area contributed by atoms with E-state index >= 15 is 0 Å². The second kappa shape index (κ2) is 10.5. The van der Waals surface area contributed by atoms with E-state index in [4.69, 9.17) is 9.47 Å². The highest BCUT2D eigenvalue weighted by molar-refractivity contribution is 6.06. The number of anilines is 2. The lowest BCUT2D eigenvalue weighted by atomic mass is 9.78. The molecule has 0 radical (unpaired) electrons. The second-order valence-corrected chi connectivity index (χ2v) is 9.33. The van der Waals surface area contributed by atoms with Crippen molar-refractivity contribution in [2.75, 3.05) is 23.9 Å². The van der Waals surface area contributed by atoms with E-state index < -0.39 is 6.04 Å². The Morgan fingerprint density at radius 2 is 1.70 bits per heavy atom. The van der Waals surface area contributed by atoms with Crippen molar-refractivity contribution in [1.82, 2.24) is 0 Å². The molecule has 0 fully saturated rings. The number of Topliss-reactive ketones (excluding diaryl/α,β-unsaturated/α-hetero) is 1. The fourth-order valence-corrected chi connectivity index (χ4v) is 5.46. The molecule has 0 bridgehead atoms. The Balaban J connectivity index is 1.68. The zero-order valence-electron chi connectivity index (χ0n) is 21.5. The molecule has 1 aliphatic carbocycles. The van der Waals surface area contributed by atoms with Crippen LogP contribution < -0.4 is 19.7 Å². The van der Waals surface area contributed by atoms with Gasteiger partial charge in [-0.05, 0) is 54.8 Å². The van der Waals surface area contributed by atoms with Gasteiger partial charge in [-0.1, -0.05) is 49.4 Å². The predicted octanol–water partition coefficient (Wildman–Crippen LogP) is 6.40. The number of hydrogen-bond donors (Lipinski definition) is 1. The monoisotopic (exact) mass is 496 g/mol. The number of carbonyl (C=O) groups is 2. The van der Waals surface area contributed by atoms with Crippen LogP contribution in [0.4, 0.5) is 11.4 Å². The van der Waals surface area contributed by atoms with Gasteiger partial charge in [-0.15, -0.1) is 0 Å². The number of ether oxygens (including phenoxy) is 2. The van der Waals surface area contributed by atoms with Gasteiger partial charge in [0.15, 0.2) is 5.78 Å². The van der Waals surface area contributed by atoms with Crippen molar-refractivity contribution >= 4 is 23.1 Å². The highest BCUT2D eigenvalue weighted by atomic mass is 16.5. The topological polar surface area (TPSA) is 67.9 Å². The molecule has 1 aliphatic heterocycles. The highest BCUT2D eigenvalue weighted by Crippen LogP contribution is 2.48. The number of ketones is 1. The summed E-state index contributed by atoms with van der Waals surface area (Å²) in [5.41, 5.74) is 4.99. The average Bonchev–Trinajstić information content (AvgIpc) is 3.08. The quantitative estimate of drug-likeness (QED) is 0.427. The molecule has 2 atom stereocenters. The van der Waals surface area contributed by atoms with Gasteiger partial charge in [0.05, 0.1) is 31.1 Å². The number of allylic oxidation sites excluding steroid dienone is 1. The van der Waals surface area contributed by atoms with Gasteiger partial charge in [0.25, 0.3) is 0 Å². The van der Waals surface area contributed by atoms with Gasteiger partial charge >= 0.3 is 0 Å². The molecule has 0 saturated carbocycles. The van der Waals surface area contributed by atoms with Crippen LogP contribution in [0.3, 0.4) is 0 Å². The van der Waals surface area contributed by atoms with E-state index in [1.807, 2.05) is 86.6 Å². The van der Waals surface area contributed by atoms with Crippen LogP contribution in [0.5, 0.6) is 11.5 Å². The Bertz CT molecular complexity index is 1350. The lowest BCUT2D eigenvalue weighted by molar-refractivity contribution is -0.119. The molecule has 3 aromatic carbocycles. The predicted molar refractivity (Wildman–Crippen MR) is 145 cm³/mol.